The second-order valence-electron chi connectivity index (χ2n) is 4.39. The number of hydrogen-bond donors (Lipinski definition) is 0. The molecule has 0 atom stereocenters. The highest BCUT2D eigenvalue weighted by Crippen LogP contribution is 2.44. The van der Waals surface area contributed by atoms with Crippen molar-refractivity contribution in [3.8, 4) is 0 Å². The van der Waals surface area contributed by atoms with Crippen molar-refractivity contribution in [2.45, 2.75) is 57.5 Å². The van der Waals surface area contributed by atoms with Crippen LogP contribution < -0.4 is 0 Å². The molecule has 0 spiro atoms. The van der Waals surface area contributed by atoms with Crippen LogP contribution in [0.2, 0.25) is 0 Å². The molecule has 0 saturated heterocycles. The molecule has 0 saturated carbocycles. The van der Waals surface area contributed by atoms with Crippen molar-refractivity contribution in [3.63, 3.8) is 0 Å². The minimum atomic E-state index is 0.386. The summed E-state index contributed by atoms with van der Waals surface area (Å²) >= 11 is 0. The van der Waals surface area contributed by atoms with Crippen LogP contribution in [0, 0.1) is 0 Å². The predicted octanol–water partition coefficient (Wildman–Crippen LogP) is 4.35. The van der Waals surface area contributed by atoms with Crippen molar-refractivity contribution in [3.05, 3.63) is 0 Å². The predicted molar refractivity (Wildman–Crippen MR) is 59.3 cm³/mol. The van der Waals surface area contributed by atoms with Gasteiger partial charge in [-0.2, -0.15) is 0 Å². The third-order valence-electron chi connectivity index (χ3n) is 1.37. The Labute approximate surface area is 79.3 Å². The highest BCUT2D eigenvalue weighted by atomic mass is 33.1. The van der Waals surface area contributed by atoms with Gasteiger partial charge in [0.05, 0.1) is 0 Å². The molecule has 11 heavy (non-hydrogen) atoms. The van der Waals surface area contributed by atoms with Gasteiger partial charge in [0.25, 0.3) is 0 Å². The molecule has 0 nitrogen and oxygen atoms in total. The van der Waals surface area contributed by atoms with E-state index in [1.54, 1.807) is 0 Å². The molecule has 0 aromatic rings. The van der Waals surface area contributed by atoms with E-state index in [-0.39, 0.29) is 0 Å². The lowest BCUT2D eigenvalue weighted by Crippen LogP contribution is -2.14. The van der Waals surface area contributed by atoms with Crippen molar-refractivity contribution in [1.82, 2.24) is 0 Å². The van der Waals surface area contributed by atoms with Crippen LogP contribution in [0.1, 0.15) is 48.0 Å². The molecule has 0 bridgehead atoms. The summed E-state index contributed by atoms with van der Waals surface area (Å²) in [4.78, 5) is 0. The van der Waals surface area contributed by atoms with Crippen molar-refractivity contribution in [2.75, 3.05) is 0 Å². The van der Waals surface area contributed by atoms with Crippen LogP contribution in [0.25, 0.3) is 0 Å². The molecule has 0 unspecified atom stereocenters. The monoisotopic (exact) mass is 192 g/mol. The standard InChI is InChI=1S/C9H20S2/c1-7-9(5,6)11-10-8(2,3)4/h7H2,1-6H3. The average molecular weight is 192 g/mol. The third-order valence-corrected chi connectivity index (χ3v) is 5.80. The summed E-state index contributed by atoms with van der Waals surface area (Å²) in [6.07, 6.45) is 1.24. The molecule has 2 heteroatoms. The molecular weight excluding hydrogens is 172 g/mol. The van der Waals surface area contributed by atoms with E-state index in [1.807, 2.05) is 21.6 Å². The maximum atomic E-state index is 2.30. The summed E-state index contributed by atoms with van der Waals surface area (Å²) in [5.74, 6) is 0. The highest BCUT2D eigenvalue weighted by Gasteiger charge is 2.20. The normalized spacial score (nSPS) is 13.6. The van der Waals surface area contributed by atoms with E-state index in [2.05, 4.69) is 41.5 Å². The van der Waals surface area contributed by atoms with Gasteiger partial charge in [-0.3, -0.25) is 0 Å². The molecule has 0 aromatic heterocycles. The molecule has 0 rings (SSSR count). The van der Waals surface area contributed by atoms with Gasteiger partial charge in [-0.1, -0.05) is 49.3 Å². The Balaban J connectivity index is 3.70. The fourth-order valence-corrected chi connectivity index (χ4v) is 2.67. The Kier molecular flexibility index (Phi) is 4.34. The third kappa shape index (κ3) is 7.07. The zero-order chi connectivity index (χ0) is 9.12. The maximum absolute atomic E-state index is 2.30. The van der Waals surface area contributed by atoms with Crippen LogP contribution in [-0.2, 0) is 0 Å². The molecular formula is C9H20S2. The van der Waals surface area contributed by atoms with Gasteiger partial charge in [-0.25, -0.2) is 0 Å². The van der Waals surface area contributed by atoms with Crippen molar-refractivity contribution >= 4 is 21.6 Å². The summed E-state index contributed by atoms with van der Waals surface area (Å²) in [6.45, 7) is 13.6. The molecule has 0 aromatic carbocycles. The van der Waals surface area contributed by atoms with Gasteiger partial charge >= 0.3 is 0 Å². The minimum absolute atomic E-state index is 0.386. The lowest BCUT2D eigenvalue weighted by Gasteiger charge is -2.26. The molecule has 0 aliphatic carbocycles. The van der Waals surface area contributed by atoms with Gasteiger partial charge in [-0.15, -0.1) is 0 Å². The molecule has 0 N–H and O–H groups in total. The van der Waals surface area contributed by atoms with Crippen LogP contribution in [0.5, 0.6) is 0 Å². The van der Waals surface area contributed by atoms with Crippen LogP contribution >= 0.6 is 21.6 Å². The fourth-order valence-electron chi connectivity index (χ4n) is 0.297. The van der Waals surface area contributed by atoms with E-state index in [1.165, 1.54) is 6.42 Å². The Hall–Kier alpha value is 0.700. The first kappa shape index (κ1) is 11.7. The zero-order valence-corrected chi connectivity index (χ0v) is 10.2. The van der Waals surface area contributed by atoms with Crippen LogP contribution in [0.3, 0.4) is 0 Å². The van der Waals surface area contributed by atoms with Gasteiger partial charge < -0.3 is 0 Å². The largest absolute Gasteiger partial charge is 0.0876 e. The lowest BCUT2D eigenvalue weighted by atomic mass is 10.1. The highest BCUT2D eigenvalue weighted by molar-refractivity contribution is 8.77. The summed E-state index contributed by atoms with van der Waals surface area (Å²) in [5, 5.41) is 0. The first-order valence-electron chi connectivity index (χ1n) is 4.14. The van der Waals surface area contributed by atoms with Crippen molar-refractivity contribution in [1.29, 1.82) is 0 Å². The molecule has 0 aliphatic rings. The van der Waals surface area contributed by atoms with E-state index in [0.29, 0.717) is 9.49 Å². The minimum Gasteiger partial charge on any atom is -0.0876 e. The van der Waals surface area contributed by atoms with Crippen LogP contribution in [0.4, 0.5) is 0 Å². The Morgan fingerprint density at radius 3 is 1.64 bits per heavy atom. The molecule has 0 fully saturated rings. The molecule has 68 valence electrons. The lowest BCUT2D eigenvalue weighted by molar-refractivity contribution is 0.689. The topological polar surface area (TPSA) is 0 Å². The summed E-state index contributed by atoms with van der Waals surface area (Å²) in [5.41, 5.74) is 0. The summed E-state index contributed by atoms with van der Waals surface area (Å²) in [6, 6.07) is 0. The first-order valence-corrected chi connectivity index (χ1v) is 6.29. The van der Waals surface area contributed by atoms with Gasteiger partial charge in [0.15, 0.2) is 0 Å². The van der Waals surface area contributed by atoms with E-state index in [4.69, 9.17) is 0 Å². The van der Waals surface area contributed by atoms with Crippen LogP contribution in [-0.4, -0.2) is 9.49 Å². The van der Waals surface area contributed by atoms with Gasteiger partial charge in [0.2, 0.25) is 0 Å². The SMILES string of the molecule is CCC(C)(C)SSC(C)(C)C. The van der Waals surface area contributed by atoms with Crippen LogP contribution in [0.15, 0.2) is 0 Å². The van der Waals surface area contributed by atoms with E-state index in [9.17, 15) is 0 Å². The fraction of sp³-hybridized carbons (Fsp3) is 1.00. The first-order chi connectivity index (χ1) is 4.77. The average Bonchev–Trinajstić information content (AvgIpc) is 1.83. The Morgan fingerprint density at radius 1 is 0.909 bits per heavy atom. The Bertz CT molecular complexity index is 111. The molecule has 0 aliphatic heterocycles. The quantitative estimate of drug-likeness (QED) is 0.610. The second kappa shape index (κ2) is 4.08. The molecule has 0 radical (unpaired) electrons. The van der Waals surface area contributed by atoms with Gasteiger partial charge in [0, 0.05) is 9.49 Å². The number of rotatable bonds is 3. The maximum Gasteiger partial charge on any atom is 0.0205 e. The second-order valence-corrected chi connectivity index (χ2v) is 8.06. The van der Waals surface area contributed by atoms with E-state index in [0.717, 1.165) is 0 Å². The van der Waals surface area contributed by atoms with E-state index < -0.39 is 0 Å². The summed E-state index contributed by atoms with van der Waals surface area (Å²) < 4.78 is 0.815. The number of hydrogen-bond acceptors (Lipinski definition) is 2. The zero-order valence-electron chi connectivity index (χ0n) is 8.52. The molecule has 0 amide bonds. The summed E-state index contributed by atoms with van der Waals surface area (Å²) in [7, 11) is 3.98. The van der Waals surface area contributed by atoms with Gasteiger partial charge in [-0.05, 0) is 20.3 Å². The van der Waals surface area contributed by atoms with Crippen molar-refractivity contribution < 1.29 is 0 Å². The Morgan fingerprint density at radius 2 is 1.36 bits per heavy atom. The smallest absolute Gasteiger partial charge is 0.0205 e. The van der Waals surface area contributed by atoms with Crippen molar-refractivity contribution in [2.24, 2.45) is 0 Å². The van der Waals surface area contributed by atoms with E-state index >= 15 is 0 Å². The van der Waals surface area contributed by atoms with Gasteiger partial charge in [0.1, 0.15) is 0 Å². The molecule has 0 heterocycles.